The molecule has 2 aliphatic rings. The number of H-pyrrole nitrogens is 1. The van der Waals surface area contributed by atoms with E-state index in [1.54, 1.807) is 20.0 Å². The minimum atomic E-state index is -0.846. The first kappa shape index (κ1) is 23.8. The number of benzene rings is 1. The summed E-state index contributed by atoms with van der Waals surface area (Å²) >= 11 is 1.51. The Kier molecular flexibility index (Phi) is 5.45. The van der Waals surface area contributed by atoms with E-state index in [0.717, 1.165) is 10.2 Å². The highest BCUT2D eigenvalue weighted by molar-refractivity contribution is 7.17. The minimum Gasteiger partial charge on any atom is -0.390 e. The van der Waals surface area contributed by atoms with Gasteiger partial charge in [-0.3, -0.25) is 14.9 Å². The van der Waals surface area contributed by atoms with Crippen molar-refractivity contribution in [3.63, 3.8) is 0 Å². The van der Waals surface area contributed by atoms with Gasteiger partial charge in [0.1, 0.15) is 0 Å². The number of carbonyl (C=O) groups is 2. The molecule has 0 radical (unpaired) electrons. The predicted octanol–water partition coefficient (Wildman–Crippen LogP) is 3.20. The number of rotatable bonds is 5. The lowest BCUT2D eigenvalue weighted by atomic mass is 9.80. The summed E-state index contributed by atoms with van der Waals surface area (Å²) in [5.41, 5.74) is 8.61. The topological polar surface area (TPSA) is 137 Å². The quantitative estimate of drug-likeness (QED) is 0.299. The molecular weight excluding hydrogens is 488 g/mol. The van der Waals surface area contributed by atoms with Crippen molar-refractivity contribution in [2.24, 2.45) is 5.73 Å². The maximum absolute atomic E-state index is 13.2. The second-order valence-corrected chi connectivity index (χ2v) is 11.5. The molecule has 1 fully saturated rings. The van der Waals surface area contributed by atoms with Gasteiger partial charge in [-0.15, -0.1) is 11.3 Å². The highest BCUT2D eigenvalue weighted by Crippen LogP contribution is 2.39. The number of hydrogen-bond donors (Lipinski definition) is 4. The van der Waals surface area contributed by atoms with E-state index in [1.165, 1.54) is 11.3 Å². The van der Waals surface area contributed by atoms with Gasteiger partial charge in [0.25, 0.3) is 11.8 Å². The number of aliphatic hydroxyl groups is 1. The fourth-order valence-corrected chi connectivity index (χ4v) is 6.44. The summed E-state index contributed by atoms with van der Waals surface area (Å²) in [6, 6.07) is 9.47. The number of hydrogen-bond acceptors (Lipinski definition) is 8. The molecule has 3 aromatic heterocycles. The van der Waals surface area contributed by atoms with Crippen LogP contribution in [-0.2, 0) is 9.59 Å². The molecule has 0 aliphatic carbocycles. The lowest BCUT2D eigenvalue weighted by molar-refractivity contribution is -0.122. The number of nitrogens with two attached hydrogens (primary N) is 1. The maximum Gasteiger partial charge on any atom is 0.261 e. The molecule has 5 N–H and O–H groups in total. The number of carbonyl (C=O) groups excluding carboxylic acids is 2. The molecule has 9 nitrogen and oxygen atoms in total. The van der Waals surface area contributed by atoms with Gasteiger partial charge in [-0.1, -0.05) is 18.2 Å². The Morgan fingerprint density at radius 3 is 2.59 bits per heavy atom. The Balaban J connectivity index is 1.46. The molecule has 10 heteroatoms. The van der Waals surface area contributed by atoms with E-state index in [4.69, 9.17) is 15.7 Å². The predicted molar refractivity (Wildman–Crippen MR) is 145 cm³/mol. The fraction of sp³-hybridized carbons (Fsp3) is 0.333. The van der Waals surface area contributed by atoms with Crippen LogP contribution < -0.4 is 16.0 Å². The zero-order chi connectivity index (χ0) is 25.9. The van der Waals surface area contributed by atoms with E-state index in [0.29, 0.717) is 66.0 Å². The molecule has 0 spiro atoms. The van der Waals surface area contributed by atoms with Gasteiger partial charge in [0.05, 0.1) is 38.2 Å². The number of nitrogens with one attached hydrogen (secondary N) is 2. The van der Waals surface area contributed by atoms with Crippen molar-refractivity contribution in [3.05, 3.63) is 53.2 Å². The van der Waals surface area contributed by atoms with Crippen molar-refractivity contribution in [1.82, 2.24) is 20.3 Å². The minimum absolute atomic E-state index is 0.256. The zero-order valence-electron chi connectivity index (χ0n) is 20.7. The summed E-state index contributed by atoms with van der Waals surface area (Å²) in [5.74, 6) is -0.407. The van der Waals surface area contributed by atoms with Crippen LogP contribution >= 0.6 is 11.3 Å². The second kappa shape index (κ2) is 8.47. The number of thiophene rings is 1. The highest BCUT2D eigenvalue weighted by Gasteiger charge is 2.38. The van der Waals surface area contributed by atoms with Crippen LogP contribution in [0.15, 0.2) is 41.9 Å². The van der Waals surface area contributed by atoms with E-state index in [2.05, 4.69) is 15.2 Å². The van der Waals surface area contributed by atoms with E-state index in [1.807, 2.05) is 35.7 Å². The summed E-state index contributed by atoms with van der Waals surface area (Å²) < 4.78 is 0.915. The van der Waals surface area contributed by atoms with Crippen LogP contribution in [0.4, 0.5) is 5.95 Å². The molecule has 1 saturated heterocycles. The van der Waals surface area contributed by atoms with Crippen molar-refractivity contribution in [2.75, 3.05) is 18.0 Å². The normalized spacial score (nSPS) is 18.3. The van der Waals surface area contributed by atoms with Crippen molar-refractivity contribution in [1.29, 1.82) is 0 Å². The Hall–Kier alpha value is -3.60. The van der Waals surface area contributed by atoms with Crippen LogP contribution in [0.3, 0.4) is 0 Å². The average Bonchev–Trinajstić information content (AvgIpc) is 3.52. The van der Waals surface area contributed by atoms with Gasteiger partial charge in [0, 0.05) is 35.8 Å². The van der Waals surface area contributed by atoms with E-state index in [-0.39, 0.29) is 5.57 Å². The molecule has 1 aromatic carbocycles. The van der Waals surface area contributed by atoms with E-state index in [9.17, 15) is 14.7 Å². The maximum atomic E-state index is 13.2. The van der Waals surface area contributed by atoms with Gasteiger partial charge in [-0.05, 0) is 50.6 Å². The zero-order valence-corrected chi connectivity index (χ0v) is 21.5. The number of anilines is 1. The first-order chi connectivity index (χ1) is 17.6. The van der Waals surface area contributed by atoms with Crippen LogP contribution in [0, 0.1) is 0 Å². The summed E-state index contributed by atoms with van der Waals surface area (Å²) in [6.07, 6.45) is 3.63. The number of aromatic nitrogens is 3. The molecule has 2 amide bonds. The first-order valence-electron chi connectivity index (χ1n) is 12.3. The molecule has 0 saturated carbocycles. The summed E-state index contributed by atoms with van der Waals surface area (Å²) in [6.45, 7) is 4.80. The molecule has 0 bridgehead atoms. The molecule has 0 unspecified atom stereocenters. The second-order valence-electron chi connectivity index (χ2n) is 10.6. The standard InChI is InChI=1S/C27H28N6O3S/c1-26(2,36)14-27(28)8-10-33(11-9-27)25-30-17-6-4-3-5-15(17)21(31-25)20-19(23(34)32-24(20)35)16-13-29-18-7-12-37-22(16)18/h3-7,12-13,29,36H,8-11,14,28H2,1-2H3,(H,32,34,35). The number of fused-ring (bicyclic) bond motifs is 2. The van der Waals surface area contributed by atoms with Crippen LogP contribution in [0.5, 0.6) is 0 Å². The average molecular weight is 517 g/mol. The monoisotopic (exact) mass is 516 g/mol. The van der Waals surface area contributed by atoms with Crippen molar-refractivity contribution < 1.29 is 14.7 Å². The number of imide groups is 1. The number of amides is 2. The highest BCUT2D eigenvalue weighted by atomic mass is 32.1. The van der Waals surface area contributed by atoms with Gasteiger partial charge in [0.15, 0.2) is 0 Å². The third kappa shape index (κ3) is 4.20. The third-order valence-electron chi connectivity index (χ3n) is 7.14. The van der Waals surface area contributed by atoms with Gasteiger partial charge in [-0.25, -0.2) is 9.97 Å². The number of nitrogens with zero attached hydrogens (tertiary/aromatic N) is 3. The van der Waals surface area contributed by atoms with Gasteiger partial charge in [0.2, 0.25) is 5.95 Å². The van der Waals surface area contributed by atoms with Gasteiger partial charge < -0.3 is 20.7 Å². The van der Waals surface area contributed by atoms with Crippen molar-refractivity contribution >= 4 is 61.4 Å². The first-order valence-corrected chi connectivity index (χ1v) is 13.2. The lowest BCUT2D eigenvalue weighted by Gasteiger charge is -2.42. The largest absolute Gasteiger partial charge is 0.390 e. The molecule has 190 valence electrons. The van der Waals surface area contributed by atoms with E-state index >= 15 is 0 Å². The van der Waals surface area contributed by atoms with E-state index < -0.39 is 23.0 Å². The van der Waals surface area contributed by atoms with Crippen LogP contribution in [0.1, 0.15) is 44.4 Å². The summed E-state index contributed by atoms with van der Waals surface area (Å²) in [4.78, 5) is 41.2. The fourth-order valence-electron chi connectivity index (χ4n) is 5.56. The Morgan fingerprint density at radius 1 is 1.11 bits per heavy atom. The summed E-state index contributed by atoms with van der Waals surface area (Å²) in [5, 5.41) is 15.4. The van der Waals surface area contributed by atoms with Crippen molar-refractivity contribution in [2.45, 2.75) is 44.2 Å². The number of piperidine rings is 1. The Bertz CT molecular complexity index is 1590. The van der Waals surface area contributed by atoms with Crippen molar-refractivity contribution in [3.8, 4) is 0 Å². The molecule has 37 heavy (non-hydrogen) atoms. The summed E-state index contributed by atoms with van der Waals surface area (Å²) in [7, 11) is 0. The Labute approximate surface area is 217 Å². The van der Waals surface area contributed by atoms with Gasteiger partial charge >= 0.3 is 0 Å². The number of para-hydroxylation sites is 1. The van der Waals surface area contributed by atoms with Crippen LogP contribution in [0.2, 0.25) is 0 Å². The third-order valence-corrected chi connectivity index (χ3v) is 8.09. The SMILES string of the molecule is CC(C)(O)CC1(N)CCN(c2nc(C3=C(c4c[nH]c5ccsc45)C(=O)NC3=O)c3ccccc3n2)CC1. The van der Waals surface area contributed by atoms with Crippen LogP contribution in [-0.4, -0.2) is 56.1 Å². The molecular formula is C27H28N6O3S. The van der Waals surface area contributed by atoms with Gasteiger partial charge in [-0.2, -0.15) is 0 Å². The molecule has 6 rings (SSSR count). The smallest absolute Gasteiger partial charge is 0.261 e. The molecule has 0 atom stereocenters. The Morgan fingerprint density at radius 2 is 1.84 bits per heavy atom. The lowest BCUT2D eigenvalue weighted by Crippen LogP contribution is -2.53. The molecule has 2 aliphatic heterocycles. The molecule has 4 aromatic rings. The van der Waals surface area contributed by atoms with Crippen LogP contribution in [0.25, 0.3) is 32.3 Å². The number of aromatic amines is 1. The molecule has 5 heterocycles.